The van der Waals surface area contributed by atoms with Gasteiger partial charge in [0, 0.05) is 23.5 Å². The molecular weight excluding hydrogens is 290 g/mol. The third-order valence-electron chi connectivity index (χ3n) is 1.97. The third kappa shape index (κ3) is 2.25. The molecule has 16 heavy (non-hydrogen) atoms. The SMILES string of the molecule is Clc1ncc(-c2ccc(Cl)c(Cl)c2Cl)cn1. The second kappa shape index (κ2) is 4.76. The number of halogens is 4. The monoisotopic (exact) mass is 292 g/mol. The molecule has 6 heteroatoms. The average Bonchev–Trinajstić information content (AvgIpc) is 2.28. The van der Waals surface area contributed by atoms with Crippen molar-refractivity contribution >= 4 is 46.4 Å². The Labute approximate surface area is 112 Å². The molecule has 0 aliphatic carbocycles. The minimum atomic E-state index is 0.180. The first-order chi connectivity index (χ1) is 7.59. The van der Waals surface area contributed by atoms with Gasteiger partial charge in [0.2, 0.25) is 5.28 Å². The van der Waals surface area contributed by atoms with Crippen LogP contribution >= 0.6 is 46.4 Å². The van der Waals surface area contributed by atoms with Gasteiger partial charge in [-0.05, 0) is 17.7 Å². The molecule has 2 aromatic rings. The fraction of sp³-hybridized carbons (Fsp3) is 0. The Morgan fingerprint density at radius 3 is 2.06 bits per heavy atom. The summed E-state index contributed by atoms with van der Waals surface area (Å²) in [4.78, 5) is 7.74. The molecule has 0 unspecified atom stereocenters. The molecule has 0 aliphatic rings. The lowest BCUT2D eigenvalue weighted by Gasteiger charge is -2.06. The standard InChI is InChI=1S/C10H4Cl4N2/c11-7-2-1-6(8(12)9(7)13)5-3-15-10(14)16-4-5/h1-4H. The molecule has 1 heterocycles. The molecule has 2 nitrogen and oxygen atoms in total. The Bertz CT molecular complexity index is 525. The molecule has 0 atom stereocenters. The summed E-state index contributed by atoms with van der Waals surface area (Å²) in [5.74, 6) is 0. The van der Waals surface area contributed by atoms with Crippen LogP contribution in [-0.4, -0.2) is 9.97 Å². The van der Waals surface area contributed by atoms with Gasteiger partial charge in [0.1, 0.15) is 0 Å². The lowest BCUT2D eigenvalue weighted by Crippen LogP contribution is -1.86. The number of rotatable bonds is 1. The zero-order valence-electron chi connectivity index (χ0n) is 7.72. The van der Waals surface area contributed by atoms with E-state index in [1.54, 1.807) is 24.5 Å². The first-order valence-electron chi connectivity index (χ1n) is 4.21. The van der Waals surface area contributed by atoms with Gasteiger partial charge in [-0.3, -0.25) is 0 Å². The molecule has 82 valence electrons. The number of nitrogens with zero attached hydrogens (tertiary/aromatic N) is 2. The smallest absolute Gasteiger partial charge is 0.222 e. The van der Waals surface area contributed by atoms with Crippen molar-refractivity contribution in [3.8, 4) is 11.1 Å². The highest BCUT2D eigenvalue weighted by molar-refractivity contribution is 6.49. The lowest BCUT2D eigenvalue weighted by molar-refractivity contribution is 1.17. The van der Waals surface area contributed by atoms with Crippen molar-refractivity contribution in [1.82, 2.24) is 9.97 Å². The van der Waals surface area contributed by atoms with Crippen molar-refractivity contribution in [2.45, 2.75) is 0 Å². The van der Waals surface area contributed by atoms with Gasteiger partial charge in [-0.2, -0.15) is 0 Å². The minimum absolute atomic E-state index is 0.180. The Morgan fingerprint density at radius 2 is 1.44 bits per heavy atom. The van der Waals surface area contributed by atoms with Crippen LogP contribution < -0.4 is 0 Å². The van der Waals surface area contributed by atoms with Crippen LogP contribution in [0.1, 0.15) is 0 Å². The first kappa shape index (κ1) is 11.9. The first-order valence-corrected chi connectivity index (χ1v) is 5.72. The van der Waals surface area contributed by atoms with Gasteiger partial charge >= 0.3 is 0 Å². The van der Waals surface area contributed by atoms with Gasteiger partial charge in [0.05, 0.1) is 15.1 Å². The zero-order chi connectivity index (χ0) is 11.7. The summed E-state index contributed by atoms with van der Waals surface area (Å²) in [6.07, 6.45) is 3.14. The minimum Gasteiger partial charge on any atom is -0.226 e. The third-order valence-corrected chi connectivity index (χ3v) is 3.46. The highest BCUT2D eigenvalue weighted by Gasteiger charge is 2.10. The van der Waals surface area contributed by atoms with Gasteiger partial charge in [-0.25, -0.2) is 9.97 Å². The van der Waals surface area contributed by atoms with Crippen LogP contribution in [0.5, 0.6) is 0 Å². The maximum Gasteiger partial charge on any atom is 0.222 e. The summed E-state index contributed by atoms with van der Waals surface area (Å²) in [5, 5.41) is 1.28. The number of aromatic nitrogens is 2. The summed E-state index contributed by atoms with van der Waals surface area (Å²) < 4.78 is 0. The number of hydrogen-bond donors (Lipinski definition) is 0. The van der Waals surface area contributed by atoms with E-state index in [4.69, 9.17) is 46.4 Å². The quantitative estimate of drug-likeness (QED) is 0.560. The molecule has 0 amide bonds. The van der Waals surface area contributed by atoms with E-state index in [9.17, 15) is 0 Å². The maximum absolute atomic E-state index is 6.07. The van der Waals surface area contributed by atoms with Crippen molar-refractivity contribution in [2.24, 2.45) is 0 Å². The van der Waals surface area contributed by atoms with Crippen LogP contribution in [0.2, 0.25) is 20.4 Å². The number of hydrogen-bond acceptors (Lipinski definition) is 2. The van der Waals surface area contributed by atoms with Gasteiger partial charge < -0.3 is 0 Å². The molecule has 0 aliphatic heterocycles. The molecule has 0 saturated heterocycles. The summed E-state index contributed by atoms with van der Waals surface area (Å²) in [5.41, 5.74) is 1.45. The molecule has 0 fully saturated rings. The molecular formula is C10H4Cl4N2. The highest BCUT2D eigenvalue weighted by Crippen LogP contribution is 2.37. The normalized spacial score (nSPS) is 10.5. The van der Waals surface area contributed by atoms with E-state index >= 15 is 0 Å². The van der Waals surface area contributed by atoms with Gasteiger partial charge in [-0.15, -0.1) is 0 Å². The Morgan fingerprint density at radius 1 is 0.812 bits per heavy atom. The molecule has 0 bridgehead atoms. The van der Waals surface area contributed by atoms with Crippen LogP contribution in [-0.2, 0) is 0 Å². The van der Waals surface area contributed by atoms with E-state index in [-0.39, 0.29) is 5.28 Å². The van der Waals surface area contributed by atoms with Crippen molar-refractivity contribution in [2.75, 3.05) is 0 Å². The highest BCUT2D eigenvalue weighted by atomic mass is 35.5. The van der Waals surface area contributed by atoms with Gasteiger partial charge in [0.15, 0.2) is 0 Å². The van der Waals surface area contributed by atoms with Crippen LogP contribution in [0.3, 0.4) is 0 Å². The van der Waals surface area contributed by atoms with Crippen LogP contribution in [0.25, 0.3) is 11.1 Å². The summed E-state index contributed by atoms with van der Waals surface area (Å²) >= 11 is 23.4. The van der Waals surface area contributed by atoms with E-state index in [0.717, 1.165) is 5.56 Å². The predicted molar refractivity (Wildman–Crippen MR) is 67.5 cm³/mol. The van der Waals surface area contributed by atoms with Gasteiger partial charge in [-0.1, -0.05) is 40.9 Å². The Kier molecular flexibility index (Phi) is 3.55. The summed E-state index contributed by atoms with van der Waals surface area (Å²) in [6, 6.07) is 3.42. The second-order valence-electron chi connectivity index (χ2n) is 2.96. The predicted octanol–water partition coefficient (Wildman–Crippen LogP) is 4.76. The topological polar surface area (TPSA) is 25.8 Å². The zero-order valence-corrected chi connectivity index (χ0v) is 10.7. The Balaban J connectivity index is 2.57. The molecule has 0 radical (unpaired) electrons. The molecule has 2 rings (SSSR count). The largest absolute Gasteiger partial charge is 0.226 e. The average molecular weight is 294 g/mol. The second-order valence-corrected chi connectivity index (χ2v) is 4.46. The molecule has 1 aromatic carbocycles. The maximum atomic E-state index is 6.07. The van der Waals surface area contributed by atoms with Gasteiger partial charge in [0.25, 0.3) is 0 Å². The fourth-order valence-corrected chi connectivity index (χ4v) is 1.94. The summed E-state index contributed by atoms with van der Waals surface area (Å²) in [6.45, 7) is 0. The molecule has 1 aromatic heterocycles. The van der Waals surface area contributed by atoms with Crippen LogP contribution in [0, 0.1) is 0 Å². The fourth-order valence-electron chi connectivity index (χ4n) is 1.20. The van der Waals surface area contributed by atoms with Crippen molar-refractivity contribution in [3.63, 3.8) is 0 Å². The van der Waals surface area contributed by atoms with Crippen LogP contribution in [0.15, 0.2) is 24.5 Å². The molecule has 0 saturated carbocycles. The molecule has 0 spiro atoms. The lowest BCUT2D eigenvalue weighted by atomic mass is 10.1. The summed E-state index contributed by atoms with van der Waals surface area (Å²) in [7, 11) is 0. The van der Waals surface area contributed by atoms with E-state index in [0.29, 0.717) is 20.6 Å². The van der Waals surface area contributed by atoms with E-state index in [1.165, 1.54) is 0 Å². The van der Waals surface area contributed by atoms with Crippen molar-refractivity contribution < 1.29 is 0 Å². The van der Waals surface area contributed by atoms with Crippen molar-refractivity contribution in [1.29, 1.82) is 0 Å². The van der Waals surface area contributed by atoms with Crippen molar-refractivity contribution in [3.05, 3.63) is 44.9 Å². The van der Waals surface area contributed by atoms with Crippen LogP contribution in [0.4, 0.5) is 0 Å². The van der Waals surface area contributed by atoms with E-state index in [2.05, 4.69) is 9.97 Å². The van der Waals surface area contributed by atoms with E-state index in [1.807, 2.05) is 0 Å². The number of benzene rings is 1. The van der Waals surface area contributed by atoms with E-state index < -0.39 is 0 Å². The Hall–Kier alpha value is -0.540. The molecule has 0 N–H and O–H groups in total.